The van der Waals surface area contributed by atoms with E-state index in [9.17, 15) is 0 Å². The van der Waals surface area contributed by atoms with E-state index in [1.165, 1.54) is 48.8 Å². The maximum absolute atomic E-state index is 3.59. The molecule has 1 fully saturated rings. The maximum Gasteiger partial charge on any atom is 0.0457 e. The van der Waals surface area contributed by atoms with Crippen molar-refractivity contribution in [3.8, 4) is 0 Å². The molecule has 2 aromatic rings. The lowest BCUT2D eigenvalue weighted by atomic mass is 9.95. The van der Waals surface area contributed by atoms with Crippen LogP contribution >= 0.6 is 0 Å². The van der Waals surface area contributed by atoms with Gasteiger partial charge >= 0.3 is 0 Å². The minimum Gasteiger partial charge on any atom is -0.361 e. The van der Waals surface area contributed by atoms with Gasteiger partial charge in [0.2, 0.25) is 0 Å². The molecule has 1 aliphatic rings. The van der Waals surface area contributed by atoms with Crippen molar-refractivity contribution in [3.63, 3.8) is 0 Å². The highest BCUT2D eigenvalue weighted by Gasteiger charge is 2.12. The fourth-order valence-electron chi connectivity index (χ4n) is 2.98. The molecule has 102 valence electrons. The van der Waals surface area contributed by atoms with Crippen molar-refractivity contribution < 1.29 is 0 Å². The molecule has 0 unspecified atom stereocenters. The normalized spacial score (nSPS) is 17.1. The van der Waals surface area contributed by atoms with Crippen LogP contribution in [0.1, 0.15) is 24.8 Å². The molecule has 1 saturated heterocycles. The summed E-state index contributed by atoms with van der Waals surface area (Å²) in [6, 6.07) is 8.51. The number of nitrogens with one attached hydrogen (secondary N) is 3. The van der Waals surface area contributed by atoms with Crippen molar-refractivity contribution in [1.29, 1.82) is 0 Å². The van der Waals surface area contributed by atoms with Crippen molar-refractivity contribution >= 4 is 10.9 Å². The molecule has 0 radical (unpaired) electrons. The Labute approximate surface area is 114 Å². The Balaban J connectivity index is 1.47. The SMILES string of the molecule is c1ccc2c(CNCCC3CCNCC3)c[nH]c2c1. The zero-order valence-corrected chi connectivity index (χ0v) is 11.4. The van der Waals surface area contributed by atoms with Crippen LogP contribution in [0.2, 0.25) is 0 Å². The summed E-state index contributed by atoms with van der Waals surface area (Å²) in [7, 11) is 0. The highest BCUT2D eigenvalue weighted by Crippen LogP contribution is 2.18. The van der Waals surface area contributed by atoms with Gasteiger partial charge in [-0.15, -0.1) is 0 Å². The number of hydrogen-bond donors (Lipinski definition) is 3. The fourth-order valence-corrected chi connectivity index (χ4v) is 2.98. The van der Waals surface area contributed by atoms with Gasteiger partial charge in [0.1, 0.15) is 0 Å². The molecule has 0 spiro atoms. The number of para-hydroxylation sites is 1. The van der Waals surface area contributed by atoms with E-state index in [1.54, 1.807) is 0 Å². The predicted octanol–water partition coefficient (Wildman–Crippen LogP) is 2.65. The summed E-state index contributed by atoms with van der Waals surface area (Å²) >= 11 is 0. The van der Waals surface area contributed by atoms with Crippen LogP contribution in [0.4, 0.5) is 0 Å². The lowest BCUT2D eigenvalue weighted by molar-refractivity contribution is 0.348. The Hall–Kier alpha value is -1.32. The average Bonchev–Trinajstić information content (AvgIpc) is 2.88. The number of H-pyrrole nitrogens is 1. The summed E-state index contributed by atoms with van der Waals surface area (Å²) in [6.07, 6.45) is 6.12. The Kier molecular flexibility index (Phi) is 4.16. The standard InChI is InChI=1S/C16H23N3/c1-2-4-16-15(3-1)14(12-19-16)11-18-10-7-13-5-8-17-9-6-13/h1-4,12-13,17-19H,5-11H2. The second kappa shape index (κ2) is 6.22. The maximum atomic E-state index is 3.59. The molecular weight excluding hydrogens is 234 g/mol. The second-order valence-corrected chi connectivity index (χ2v) is 5.52. The molecule has 3 N–H and O–H groups in total. The van der Waals surface area contributed by atoms with Gasteiger partial charge in [0.05, 0.1) is 0 Å². The molecule has 0 saturated carbocycles. The molecule has 1 aromatic carbocycles. The lowest BCUT2D eigenvalue weighted by Gasteiger charge is -2.22. The summed E-state index contributed by atoms with van der Waals surface area (Å²) in [6.45, 7) is 4.50. The molecule has 3 rings (SSSR count). The molecule has 0 amide bonds. The number of benzene rings is 1. The topological polar surface area (TPSA) is 39.8 Å². The van der Waals surface area contributed by atoms with E-state index in [-0.39, 0.29) is 0 Å². The molecular formula is C16H23N3. The Bertz CT molecular complexity index is 511. The van der Waals surface area contributed by atoms with Crippen LogP contribution in [-0.2, 0) is 6.54 Å². The molecule has 3 nitrogen and oxygen atoms in total. The molecule has 0 bridgehead atoms. The Morgan fingerprint density at radius 2 is 2.00 bits per heavy atom. The number of rotatable bonds is 5. The monoisotopic (exact) mass is 257 g/mol. The van der Waals surface area contributed by atoms with Gasteiger partial charge < -0.3 is 15.6 Å². The van der Waals surface area contributed by atoms with Gasteiger partial charge in [0.25, 0.3) is 0 Å². The second-order valence-electron chi connectivity index (χ2n) is 5.52. The molecule has 3 heteroatoms. The number of aromatic amines is 1. The van der Waals surface area contributed by atoms with E-state index >= 15 is 0 Å². The van der Waals surface area contributed by atoms with E-state index in [0.717, 1.165) is 19.0 Å². The number of piperidine rings is 1. The van der Waals surface area contributed by atoms with E-state index in [4.69, 9.17) is 0 Å². The molecule has 0 aliphatic carbocycles. The average molecular weight is 257 g/mol. The van der Waals surface area contributed by atoms with Gasteiger partial charge in [-0.1, -0.05) is 18.2 Å². The quantitative estimate of drug-likeness (QED) is 0.721. The van der Waals surface area contributed by atoms with E-state index in [1.807, 2.05) is 0 Å². The first-order chi connectivity index (χ1) is 9.43. The number of aromatic nitrogens is 1. The van der Waals surface area contributed by atoms with Gasteiger partial charge in [0, 0.05) is 23.6 Å². The molecule has 19 heavy (non-hydrogen) atoms. The van der Waals surface area contributed by atoms with Crippen LogP contribution < -0.4 is 10.6 Å². The molecule has 1 aliphatic heterocycles. The smallest absolute Gasteiger partial charge is 0.0457 e. The van der Waals surface area contributed by atoms with Gasteiger partial charge in [0.15, 0.2) is 0 Å². The van der Waals surface area contributed by atoms with Crippen molar-refractivity contribution in [3.05, 3.63) is 36.0 Å². The predicted molar refractivity (Wildman–Crippen MR) is 80.2 cm³/mol. The van der Waals surface area contributed by atoms with Crippen LogP contribution in [0, 0.1) is 5.92 Å². The third-order valence-electron chi connectivity index (χ3n) is 4.18. The first-order valence-corrected chi connectivity index (χ1v) is 7.40. The highest BCUT2D eigenvalue weighted by atomic mass is 14.9. The zero-order chi connectivity index (χ0) is 12.9. The summed E-state index contributed by atoms with van der Waals surface area (Å²) in [5.74, 6) is 0.914. The van der Waals surface area contributed by atoms with Crippen molar-refractivity contribution in [2.45, 2.75) is 25.8 Å². The summed E-state index contributed by atoms with van der Waals surface area (Å²) in [5.41, 5.74) is 2.61. The fraction of sp³-hybridized carbons (Fsp3) is 0.500. The minimum atomic E-state index is 0.914. The Morgan fingerprint density at radius 3 is 2.89 bits per heavy atom. The van der Waals surface area contributed by atoms with E-state index in [0.29, 0.717) is 0 Å². The first kappa shape index (κ1) is 12.7. The van der Waals surface area contributed by atoms with E-state index < -0.39 is 0 Å². The molecule has 0 atom stereocenters. The van der Waals surface area contributed by atoms with Crippen LogP contribution in [0.15, 0.2) is 30.5 Å². The number of fused-ring (bicyclic) bond motifs is 1. The summed E-state index contributed by atoms with van der Waals surface area (Å²) in [5, 5.41) is 8.35. The summed E-state index contributed by atoms with van der Waals surface area (Å²) in [4.78, 5) is 3.33. The largest absolute Gasteiger partial charge is 0.361 e. The molecule has 2 heterocycles. The minimum absolute atomic E-state index is 0.914. The van der Waals surface area contributed by atoms with Crippen LogP contribution in [0.3, 0.4) is 0 Å². The third-order valence-corrected chi connectivity index (χ3v) is 4.18. The molecule has 1 aromatic heterocycles. The zero-order valence-electron chi connectivity index (χ0n) is 11.4. The summed E-state index contributed by atoms with van der Waals surface area (Å²) < 4.78 is 0. The highest BCUT2D eigenvalue weighted by molar-refractivity contribution is 5.82. The van der Waals surface area contributed by atoms with Crippen LogP contribution in [0.25, 0.3) is 10.9 Å². The van der Waals surface area contributed by atoms with Crippen molar-refractivity contribution in [2.75, 3.05) is 19.6 Å². The van der Waals surface area contributed by atoms with E-state index in [2.05, 4.69) is 46.1 Å². The van der Waals surface area contributed by atoms with Crippen molar-refractivity contribution in [2.24, 2.45) is 5.92 Å². The third kappa shape index (κ3) is 3.17. The van der Waals surface area contributed by atoms with Crippen LogP contribution in [0.5, 0.6) is 0 Å². The van der Waals surface area contributed by atoms with Gasteiger partial charge in [-0.05, 0) is 56.4 Å². The van der Waals surface area contributed by atoms with Gasteiger partial charge in [-0.25, -0.2) is 0 Å². The number of hydrogen-bond acceptors (Lipinski definition) is 2. The Morgan fingerprint density at radius 1 is 1.16 bits per heavy atom. The van der Waals surface area contributed by atoms with Gasteiger partial charge in [-0.2, -0.15) is 0 Å². The van der Waals surface area contributed by atoms with Crippen molar-refractivity contribution in [1.82, 2.24) is 15.6 Å². The van der Waals surface area contributed by atoms with Gasteiger partial charge in [-0.3, -0.25) is 0 Å². The first-order valence-electron chi connectivity index (χ1n) is 7.40. The lowest BCUT2D eigenvalue weighted by Crippen LogP contribution is -2.29. The van der Waals surface area contributed by atoms with Crippen LogP contribution in [-0.4, -0.2) is 24.6 Å².